The Kier molecular flexibility index (Phi) is 8.70. The van der Waals surface area contributed by atoms with Crippen LogP contribution < -0.4 is 4.90 Å². The summed E-state index contributed by atoms with van der Waals surface area (Å²) in [6.07, 6.45) is 1.85. The van der Waals surface area contributed by atoms with Crippen LogP contribution in [0, 0.1) is 0 Å². The fourth-order valence-electron chi connectivity index (χ4n) is 9.54. The van der Waals surface area contributed by atoms with Gasteiger partial charge in [-0.05, 0) is 65.5 Å². The number of hydrogen-bond donors (Lipinski definition) is 0. The van der Waals surface area contributed by atoms with Crippen LogP contribution in [0.1, 0.15) is 0 Å². The first-order valence-electron chi connectivity index (χ1n) is 22.1. The molecule has 66 heavy (non-hydrogen) atoms. The fraction of sp³-hybridized carbons (Fsp3) is 0. The Morgan fingerprint density at radius 2 is 0.848 bits per heavy atom. The van der Waals surface area contributed by atoms with Crippen molar-refractivity contribution in [2.24, 2.45) is 0 Å². The Morgan fingerprint density at radius 1 is 0.318 bits per heavy atom. The van der Waals surface area contributed by atoms with Crippen LogP contribution in [0.25, 0.3) is 106 Å². The summed E-state index contributed by atoms with van der Waals surface area (Å²) in [5.41, 5.74) is 15.4. The fourth-order valence-corrected chi connectivity index (χ4v) is 9.54. The van der Waals surface area contributed by atoms with Crippen molar-refractivity contribution in [2.45, 2.75) is 0 Å². The molecule has 8 aromatic carbocycles. The molecule has 0 bridgehead atoms. The Morgan fingerprint density at radius 3 is 1.41 bits per heavy atom. The van der Waals surface area contributed by atoms with Crippen molar-refractivity contribution in [1.82, 2.24) is 29.5 Å². The number of aromatic nitrogens is 6. The van der Waals surface area contributed by atoms with Crippen LogP contribution in [0.15, 0.2) is 225 Å². The van der Waals surface area contributed by atoms with Crippen molar-refractivity contribution < 1.29 is 0 Å². The summed E-state index contributed by atoms with van der Waals surface area (Å²) < 4.78 is 2.22. The molecule has 0 radical (unpaired) electrons. The second kappa shape index (κ2) is 15.3. The Labute approximate surface area is 380 Å². The van der Waals surface area contributed by atoms with Gasteiger partial charge in [0.05, 0.1) is 50.9 Å². The lowest BCUT2D eigenvalue weighted by Gasteiger charge is -2.32. The SMILES string of the molecule is c1ccc(-c2cc(-c3ccccc3)nc(N3c4cc5c(cc4-c4cccc6cccc3c46)c3cc(-c4ccccn4)ccc3n5-c3nc(-c4ccccc4)cc(-c4ccccc4)n3)n2)cc1. The molecule has 1 aliphatic heterocycles. The molecule has 0 aliphatic carbocycles. The molecule has 0 fully saturated rings. The first-order valence-corrected chi connectivity index (χ1v) is 22.1. The maximum atomic E-state index is 5.43. The van der Waals surface area contributed by atoms with Gasteiger partial charge in [-0.15, -0.1) is 0 Å². The molecule has 4 aromatic heterocycles. The van der Waals surface area contributed by atoms with Gasteiger partial charge in [0.25, 0.3) is 0 Å². The summed E-state index contributed by atoms with van der Waals surface area (Å²) in [6.45, 7) is 0. The molecule has 7 nitrogen and oxygen atoms in total. The average Bonchev–Trinajstić information content (AvgIpc) is 3.72. The van der Waals surface area contributed by atoms with Crippen molar-refractivity contribution in [2.75, 3.05) is 4.90 Å². The van der Waals surface area contributed by atoms with E-state index < -0.39 is 0 Å². The van der Waals surface area contributed by atoms with Crippen LogP contribution in [-0.4, -0.2) is 29.5 Å². The van der Waals surface area contributed by atoms with Crippen molar-refractivity contribution in [1.29, 1.82) is 0 Å². The van der Waals surface area contributed by atoms with E-state index in [1.54, 1.807) is 0 Å². The zero-order chi connectivity index (χ0) is 43.6. The van der Waals surface area contributed by atoms with Gasteiger partial charge in [0.1, 0.15) is 0 Å². The van der Waals surface area contributed by atoms with E-state index in [4.69, 9.17) is 24.9 Å². The highest BCUT2D eigenvalue weighted by Gasteiger charge is 2.31. The highest BCUT2D eigenvalue weighted by molar-refractivity contribution is 6.19. The Hall–Kier alpha value is -9.07. The van der Waals surface area contributed by atoms with E-state index >= 15 is 0 Å². The highest BCUT2D eigenvalue weighted by Crippen LogP contribution is 2.53. The number of rotatable bonds is 7. The van der Waals surface area contributed by atoms with Gasteiger partial charge in [-0.1, -0.05) is 164 Å². The molecule has 0 saturated carbocycles. The van der Waals surface area contributed by atoms with E-state index in [0.717, 1.165) is 111 Å². The molecular formula is C59H37N7. The largest absolute Gasteiger partial charge is 0.278 e. The van der Waals surface area contributed by atoms with E-state index in [1.807, 2.05) is 42.6 Å². The van der Waals surface area contributed by atoms with Crippen LogP contribution >= 0.6 is 0 Å². The topological polar surface area (TPSA) is 72.6 Å². The first kappa shape index (κ1) is 37.5. The maximum Gasteiger partial charge on any atom is 0.235 e. The van der Waals surface area contributed by atoms with E-state index in [0.29, 0.717) is 11.9 Å². The van der Waals surface area contributed by atoms with Crippen LogP contribution in [0.2, 0.25) is 0 Å². The number of anilines is 3. The molecule has 7 heteroatoms. The molecule has 0 amide bonds. The van der Waals surface area contributed by atoms with Crippen LogP contribution in [-0.2, 0) is 0 Å². The summed E-state index contributed by atoms with van der Waals surface area (Å²) in [5.74, 6) is 1.14. The lowest BCUT2D eigenvalue weighted by molar-refractivity contribution is 0.995. The van der Waals surface area contributed by atoms with Crippen molar-refractivity contribution in [3.05, 3.63) is 225 Å². The molecule has 13 rings (SSSR count). The summed E-state index contributed by atoms with van der Waals surface area (Å²) in [5, 5.41) is 4.42. The van der Waals surface area contributed by atoms with E-state index in [-0.39, 0.29) is 0 Å². The third-order valence-electron chi connectivity index (χ3n) is 12.6. The van der Waals surface area contributed by atoms with Gasteiger partial charge < -0.3 is 0 Å². The second-order valence-electron chi connectivity index (χ2n) is 16.5. The van der Waals surface area contributed by atoms with Gasteiger partial charge in [0.15, 0.2) is 0 Å². The third-order valence-corrected chi connectivity index (χ3v) is 12.6. The van der Waals surface area contributed by atoms with Crippen molar-refractivity contribution in [3.8, 4) is 73.4 Å². The second-order valence-corrected chi connectivity index (χ2v) is 16.5. The minimum Gasteiger partial charge on any atom is -0.278 e. The van der Waals surface area contributed by atoms with Crippen LogP contribution in [0.5, 0.6) is 0 Å². The summed E-state index contributed by atoms with van der Waals surface area (Å²) in [7, 11) is 0. The predicted molar refractivity (Wildman–Crippen MR) is 268 cm³/mol. The minimum atomic E-state index is 0.569. The van der Waals surface area contributed by atoms with Gasteiger partial charge >= 0.3 is 0 Å². The van der Waals surface area contributed by atoms with E-state index in [1.165, 1.54) is 0 Å². The van der Waals surface area contributed by atoms with E-state index in [2.05, 4.69) is 191 Å². The quantitative estimate of drug-likeness (QED) is 0.159. The molecule has 5 heterocycles. The molecule has 0 saturated heterocycles. The monoisotopic (exact) mass is 843 g/mol. The number of pyridine rings is 1. The predicted octanol–water partition coefficient (Wildman–Crippen LogP) is 14.7. The maximum absolute atomic E-state index is 5.43. The minimum absolute atomic E-state index is 0.569. The molecule has 0 atom stereocenters. The van der Waals surface area contributed by atoms with Crippen LogP contribution in [0.3, 0.4) is 0 Å². The number of hydrogen-bond acceptors (Lipinski definition) is 6. The van der Waals surface area contributed by atoms with Gasteiger partial charge in [0, 0.05) is 55.7 Å². The molecule has 0 N–H and O–H groups in total. The van der Waals surface area contributed by atoms with Crippen molar-refractivity contribution in [3.63, 3.8) is 0 Å². The lowest BCUT2D eigenvalue weighted by atomic mass is 9.90. The Bertz CT molecular complexity index is 3680. The summed E-state index contributed by atoms with van der Waals surface area (Å²) in [4.78, 5) is 28.7. The van der Waals surface area contributed by atoms with Gasteiger partial charge in [-0.25, -0.2) is 19.9 Å². The molecule has 308 valence electrons. The summed E-state index contributed by atoms with van der Waals surface area (Å²) in [6, 6.07) is 75.9. The zero-order valence-corrected chi connectivity index (χ0v) is 35.5. The normalized spacial score (nSPS) is 11.9. The van der Waals surface area contributed by atoms with E-state index in [9.17, 15) is 0 Å². The third kappa shape index (κ3) is 6.25. The molecular weight excluding hydrogens is 807 g/mol. The number of fused-ring (bicyclic) bond motifs is 5. The molecule has 0 unspecified atom stereocenters. The average molecular weight is 844 g/mol. The lowest BCUT2D eigenvalue weighted by Crippen LogP contribution is -2.18. The molecule has 12 aromatic rings. The Balaban J connectivity index is 1.14. The zero-order valence-electron chi connectivity index (χ0n) is 35.5. The van der Waals surface area contributed by atoms with Gasteiger partial charge in [-0.2, -0.15) is 0 Å². The standard InChI is InChI=1S/C59H37N7/c1-5-17-38(18-6-1)49-35-50(39-19-7-2-8-20-39)62-58(61-49)65-53-31-30-43(48-28-13-14-32-60-48)33-45(53)47-34-46-44-27-15-25-42-26-16-29-54(57(42)44)66(55(46)37-56(47)65)59-63-51(40-21-9-3-10-22-40)36-52(64-59)41-23-11-4-12-24-41/h1-37H. The summed E-state index contributed by atoms with van der Waals surface area (Å²) >= 11 is 0. The van der Waals surface area contributed by atoms with Gasteiger partial charge in [-0.3, -0.25) is 14.5 Å². The highest BCUT2D eigenvalue weighted by atomic mass is 15.3. The number of benzene rings is 8. The van der Waals surface area contributed by atoms with Crippen molar-refractivity contribution >= 4 is 49.9 Å². The van der Waals surface area contributed by atoms with Crippen LogP contribution in [0.4, 0.5) is 17.3 Å². The number of nitrogens with zero attached hydrogens (tertiary/aromatic N) is 7. The molecule has 0 spiro atoms. The first-order chi connectivity index (χ1) is 32.7. The van der Waals surface area contributed by atoms with Gasteiger partial charge in [0.2, 0.25) is 11.9 Å². The molecule has 1 aliphatic rings. The smallest absolute Gasteiger partial charge is 0.235 e.